The molecule has 1 heterocycles. The summed E-state index contributed by atoms with van der Waals surface area (Å²) in [5.41, 5.74) is 0.758. The number of nitrogens with one attached hydrogen (secondary N) is 2. The quantitative estimate of drug-likeness (QED) is 0.766. The van der Waals surface area contributed by atoms with Gasteiger partial charge in [-0.2, -0.15) is 0 Å². The van der Waals surface area contributed by atoms with Gasteiger partial charge in [-0.3, -0.25) is 4.79 Å². The minimum atomic E-state index is -0.585. The molecule has 0 aliphatic rings. The first-order valence-corrected chi connectivity index (χ1v) is 8.60. The summed E-state index contributed by atoms with van der Waals surface area (Å²) in [4.78, 5) is 39.6. The number of anilines is 1. The van der Waals surface area contributed by atoms with Gasteiger partial charge in [0.25, 0.3) is 5.91 Å². The molecule has 0 aliphatic heterocycles. The number of esters is 1. The fourth-order valence-corrected chi connectivity index (χ4v) is 2.17. The van der Waals surface area contributed by atoms with Gasteiger partial charge in [0, 0.05) is 12.1 Å². The Kier molecular flexibility index (Phi) is 6.70. The fourth-order valence-electron chi connectivity index (χ4n) is 2.17. The predicted molar refractivity (Wildman–Crippen MR) is 103 cm³/mol. The second-order valence-corrected chi connectivity index (χ2v) is 6.91. The van der Waals surface area contributed by atoms with Gasteiger partial charge in [0.05, 0.1) is 7.11 Å². The summed E-state index contributed by atoms with van der Waals surface area (Å²) in [6.45, 7) is 5.64. The lowest BCUT2D eigenvalue weighted by Gasteiger charge is -2.19. The van der Waals surface area contributed by atoms with E-state index in [1.165, 1.54) is 13.2 Å². The van der Waals surface area contributed by atoms with Gasteiger partial charge in [-0.25, -0.2) is 14.6 Å². The van der Waals surface area contributed by atoms with Crippen LogP contribution in [0.5, 0.6) is 0 Å². The molecule has 2 amide bonds. The predicted octanol–water partition coefficient (Wildman–Crippen LogP) is 3.15. The fraction of sp³-hybridized carbons (Fsp3) is 0.300. The second kappa shape index (κ2) is 8.98. The van der Waals surface area contributed by atoms with Crippen LogP contribution in [0.2, 0.25) is 0 Å². The molecule has 0 aliphatic carbocycles. The van der Waals surface area contributed by atoms with E-state index >= 15 is 0 Å². The Morgan fingerprint density at radius 1 is 1.04 bits per heavy atom. The van der Waals surface area contributed by atoms with Crippen molar-refractivity contribution in [1.82, 2.24) is 10.3 Å². The first-order chi connectivity index (χ1) is 13.2. The average molecular weight is 385 g/mol. The van der Waals surface area contributed by atoms with Crippen molar-refractivity contribution in [1.29, 1.82) is 0 Å². The van der Waals surface area contributed by atoms with Crippen molar-refractivity contribution in [3.63, 3.8) is 0 Å². The van der Waals surface area contributed by atoms with Crippen LogP contribution in [0.3, 0.4) is 0 Å². The molecule has 0 atom stereocenters. The molecule has 0 fully saturated rings. The lowest BCUT2D eigenvalue weighted by Crippen LogP contribution is -2.32. The Balaban J connectivity index is 1.95. The number of carbonyl (C=O) groups is 3. The number of rotatable bonds is 5. The maximum atomic E-state index is 12.3. The van der Waals surface area contributed by atoms with Crippen molar-refractivity contribution in [2.24, 2.45) is 0 Å². The summed E-state index contributed by atoms with van der Waals surface area (Å²) in [6, 6.07) is 11.4. The molecule has 0 unspecified atom stereocenters. The zero-order chi connectivity index (χ0) is 20.7. The number of pyridine rings is 1. The minimum absolute atomic E-state index is 0.101. The van der Waals surface area contributed by atoms with E-state index in [1.54, 1.807) is 57.2 Å². The van der Waals surface area contributed by atoms with Crippen molar-refractivity contribution < 1.29 is 23.9 Å². The van der Waals surface area contributed by atoms with Gasteiger partial charge < -0.3 is 20.1 Å². The van der Waals surface area contributed by atoms with Crippen LogP contribution in [0, 0.1) is 0 Å². The van der Waals surface area contributed by atoms with E-state index in [1.807, 2.05) is 0 Å². The zero-order valence-electron chi connectivity index (χ0n) is 16.2. The molecular weight excluding hydrogens is 362 g/mol. The van der Waals surface area contributed by atoms with Crippen LogP contribution < -0.4 is 10.6 Å². The molecule has 0 bridgehead atoms. The van der Waals surface area contributed by atoms with E-state index in [9.17, 15) is 14.4 Å². The number of ether oxygens (including phenoxy) is 2. The van der Waals surface area contributed by atoms with E-state index in [0.29, 0.717) is 5.56 Å². The largest absolute Gasteiger partial charge is 0.464 e. The second-order valence-electron chi connectivity index (χ2n) is 6.91. The smallest absolute Gasteiger partial charge is 0.407 e. The molecule has 2 aromatic rings. The number of carbonyl (C=O) groups excluding carboxylic acids is 3. The molecular formula is C20H23N3O5. The molecule has 148 valence electrons. The summed E-state index contributed by atoms with van der Waals surface area (Å²) in [7, 11) is 1.26. The molecule has 1 aromatic carbocycles. The Hall–Kier alpha value is -3.42. The molecule has 1 aromatic heterocycles. The number of hydrogen-bond acceptors (Lipinski definition) is 6. The molecule has 2 rings (SSSR count). The number of nitrogens with zero attached hydrogens (tertiary/aromatic N) is 1. The Morgan fingerprint density at radius 2 is 1.71 bits per heavy atom. The van der Waals surface area contributed by atoms with Gasteiger partial charge in [0.1, 0.15) is 11.4 Å². The van der Waals surface area contributed by atoms with Crippen molar-refractivity contribution in [3.8, 4) is 0 Å². The standard InChI is InChI=1S/C20H23N3O5/c1-20(2,3)28-19(26)21-12-13-8-10-14(11-9-13)17(24)23-16-7-5-6-15(22-16)18(25)27-4/h5-11H,12H2,1-4H3,(H,21,26)(H,22,23,24). The number of benzene rings is 1. The molecule has 0 radical (unpaired) electrons. The van der Waals surface area contributed by atoms with Crippen LogP contribution >= 0.6 is 0 Å². The number of alkyl carbamates (subject to hydrolysis) is 1. The monoisotopic (exact) mass is 385 g/mol. The summed E-state index contributed by atoms with van der Waals surface area (Å²) in [5, 5.41) is 5.28. The molecule has 0 spiro atoms. The van der Waals surface area contributed by atoms with Crippen molar-refractivity contribution in [2.45, 2.75) is 32.9 Å². The molecule has 8 nitrogen and oxygen atoms in total. The van der Waals surface area contributed by atoms with Crippen LogP contribution in [0.15, 0.2) is 42.5 Å². The normalized spacial score (nSPS) is 10.7. The van der Waals surface area contributed by atoms with Gasteiger partial charge in [-0.05, 0) is 50.6 Å². The summed E-state index contributed by atoms with van der Waals surface area (Å²) < 4.78 is 9.78. The highest BCUT2D eigenvalue weighted by Gasteiger charge is 2.16. The lowest BCUT2D eigenvalue weighted by molar-refractivity contribution is 0.0522. The number of hydrogen-bond donors (Lipinski definition) is 2. The summed E-state index contributed by atoms with van der Waals surface area (Å²) in [6.07, 6.45) is -0.508. The van der Waals surface area contributed by atoms with Crippen LogP contribution in [-0.4, -0.2) is 35.7 Å². The number of amides is 2. The average Bonchev–Trinajstić information content (AvgIpc) is 2.65. The third kappa shape index (κ3) is 6.39. The van der Waals surface area contributed by atoms with E-state index in [-0.39, 0.29) is 24.0 Å². The summed E-state index contributed by atoms with van der Waals surface area (Å²) in [5.74, 6) is -0.720. The highest BCUT2D eigenvalue weighted by atomic mass is 16.6. The number of methoxy groups -OCH3 is 1. The Morgan fingerprint density at radius 3 is 2.32 bits per heavy atom. The molecule has 8 heteroatoms. The van der Waals surface area contributed by atoms with Crippen molar-refractivity contribution in [3.05, 3.63) is 59.3 Å². The van der Waals surface area contributed by atoms with Crippen LogP contribution in [0.1, 0.15) is 47.2 Å². The van der Waals surface area contributed by atoms with Crippen molar-refractivity contribution in [2.75, 3.05) is 12.4 Å². The first kappa shape index (κ1) is 20.9. The number of aromatic nitrogens is 1. The van der Waals surface area contributed by atoms with Crippen LogP contribution in [0.4, 0.5) is 10.6 Å². The molecule has 0 saturated heterocycles. The first-order valence-electron chi connectivity index (χ1n) is 8.60. The third-order valence-corrected chi connectivity index (χ3v) is 3.44. The Bertz CT molecular complexity index is 857. The minimum Gasteiger partial charge on any atom is -0.464 e. The van der Waals surface area contributed by atoms with Crippen LogP contribution in [0.25, 0.3) is 0 Å². The maximum Gasteiger partial charge on any atom is 0.407 e. The highest BCUT2D eigenvalue weighted by Crippen LogP contribution is 2.11. The zero-order valence-corrected chi connectivity index (χ0v) is 16.2. The Labute approximate surface area is 163 Å². The lowest BCUT2D eigenvalue weighted by atomic mass is 10.1. The SMILES string of the molecule is COC(=O)c1cccc(NC(=O)c2ccc(CNC(=O)OC(C)(C)C)cc2)n1. The van der Waals surface area contributed by atoms with Crippen LogP contribution in [-0.2, 0) is 16.0 Å². The van der Waals surface area contributed by atoms with Gasteiger partial charge in [-0.15, -0.1) is 0 Å². The van der Waals surface area contributed by atoms with Gasteiger partial charge in [0.2, 0.25) is 0 Å². The van der Waals surface area contributed by atoms with E-state index in [0.717, 1.165) is 5.56 Å². The maximum absolute atomic E-state index is 12.3. The molecule has 0 saturated carbocycles. The third-order valence-electron chi connectivity index (χ3n) is 3.44. The van der Waals surface area contributed by atoms with Gasteiger partial charge >= 0.3 is 12.1 Å². The topological polar surface area (TPSA) is 107 Å². The molecule has 28 heavy (non-hydrogen) atoms. The van der Waals surface area contributed by atoms with E-state index in [4.69, 9.17) is 4.74 Å². The van der Waals surface area contributed by atoms with E-state index < -0.39 is 17.7 Å². The van der Waals surface area contributed by atoms with Crippen molar-refractivity contribution >= 4 is 23.8 Å². The van der Waals surface area contributed by atoms with Gasteiger partial charge in [-0.1, -0.05) is 18.2 Å². The van der Waals surface area contributed by atoms with Gasteiger partial charge in [0.15, 0.2) is 5.69 Å². The van der Waals surface area contributed by atoms with E-state index in [2.05, 4.69) is 20.4 Å². The highest BCUT2D eigenvalue weighted by molar-refractivity contribution is 6.04. The molecule has 2 N–H and O–H groups in total. The summed E-state index contributed by atoms with van der Waals surface area (Å²) >= 11 is 0.